The Balaban J connectivity index is 1.36. The number of aromatic nitrogens is 3. The summed E-state index contributed by atoms with van der Waals surface area (Å²) in [6.07, 6.45) is 4.96. The molecule has 0 unspecified atom stereocenters. The number of amides is 1. The fourth-order valence-corrected chi connectivity index (χ4v) is 3.55. The summed E-state index contributed by atoms with van der Waals surface area (Å²) < 4.78 is 0. The third-order valence-electron chi connectivity index (χ3n) is 5.19. The molecular weight excluding hydrogens is 350 g/mol. The van der Waals surface area contributed by atoms with E-state index >= 15 is 0 Å². The van der Waals surface area contributed by atoms with Crippen LogP contribution in [0.5, 0.6) is 0 Å². The molecule has 6 nitrogen and oxygen atoms in total. The highest BCUT2D eigenvalue weighted by Crippen LogP contribution is 2.25. The zero-order chi connectivity index (χ0) is 19.3. The van der Waals surface area contributed by atoms with Crippen LogP contribution in [0.2, 0.25) is 0 Å². The first-order chi connectivity index (χ1) is 13.7. The van der Waals surface area contributed by atoms with Crippen molar-refractivity contribution in [3.63, 3.8) is 0 Å². The fourth-order valence-electron chi connectivity index (χ4n) is 3.55. The Hall–Kier alpha value is -3.28. The predicted molar refractivity (Wildman–Crippen MR) is 110 cm³/mol. The average Bonchev–Trinajstić information content (AvgIpc) is 2.75. The normalized spacial score (nSPS) is 14.7. The van der Waals surface area contributed by atoms with Crippen molar-refractivity contribution in [3.05, 3.63) is 66.5 Å². The minimum atomic E-state index is 0.00987. The topological polar surface area (TPSA) is 71.0 Å². The standard InChI is InChI=1S/C22H23N5O/c1-16-5-2-3-7-19(16)20-8-9-21(26-25-20)27-13-10-17(11-14-27)22(28)24-18-6-4-12-23-15-18/h2-9,12,15,17H,10-11,13-14H2,1H3,(H,24,28). The first-order valence-electron chi connectivity index (χ1n) is 9.56. The van der Waals surface area contributed by atoms with Gasteiger partial charge in [0.1, 0.15) is 0 Å². The van der Waals surface area contributed by atoms with Crippen molar-refractivity contribution in [1.82, 2.24) is 15.2 Å². The van der Waals surface area contributed by atoms with E-state index in [1.165, 1.54) is 5.56 Å². The van der Waals surface area contributed by atoms with Crippen molar-refractivity contribution in [2.24, 2.45) is 5.92 Å². The quantitative estimate of drug-likeness (QED) is 0.755. The van der Waals surface area contributed by atoms with Gasteiger partial charge < -0.3 is 10.2 Å². The molecular formula is C22H23N5O. The Morgan fingerprint density at radius 3 is 2.54 bits per heavy atom. The van der Waals surface area contributed by atoms with E-state index in [1.807, 2.05) is 36.4 Å². The molecule has 1 N–H and O–H groups in total. The van der Waals surface area contributed by atoms with Gasteiger partial charge >= 0.3 is 0 Å². The number of rotatable bonds is 4. The van der Waals surface area contributed by atoms with Crippen molar-refractivity contribution < 1.29 is 4.79 Å². The van der Waals surface area contributed by atoms with Crippen LogP contribution in [-0.2, 0) is 4.79 Å². The lowest BCUT2D eigenvalue weighted by Crippen LogP contribution is -2.38. The van der Waals surface area contributed by atoms with Gasteiger partial charge in [-0.2, -0.15) is 0 Å². The second-order valence-corrected chi connectivity index (χ2v) is 7.08. The summed E-state index contributed by atoms with van der Waals surface area (Å²) in [5.74, 6) is 0.938. The van der Waals surface area contributed by atoms with Gasteiger partial charge in [-0.15, -0.1) is 10.2 Å². The number of nitrogens with zero attached hydrogens (tertiary/aromatic N) is 4. The van der Waals surface area contributed by atoms with E-state index in [-0.39, 0.29) is 11.8 Å². The SMILES string of the molecule is Cc1ccccc1-c1ccc(N2CCC(C(=O)Nc3cccnc3)CC2)nn1. The summed E-state index contributed by atoms with van der Waals surface area (Å²) in [6, 6.07) is 15.9. The van der Waals surface area contributed by atoms with E-state index in [0.29, 0.717) is 0 Å². The number of aryl methyl sites for hydroxylation is 1. The van der Waals surface area contributed by atoms with Crippen molar-refractivity contribution >= 4 is 17.4 Å². The van der Waals surface area contributed by atoms with E-state index in [9.17, 15) is 4.79 Å². The summed E-state index contributed by atoms with van der Waals surface area (Å²) >= 11 is 0. The van der Waals surface area contributed by atoms with Gasteiger partial charge in [-0.05, 0) is 49.6 Å². The zero-order valence-corrected chi connectivity index (χ0v) is 15.9. The number of hydrogen-bond donors (Lipinski definition) is 1. The number of carbonyl (C=O) groups excluding carboxylic acids is 1. The third kappa shape index (κ3) is 4.01. The van der Waals surface area contributed by atoms with Crippen LogP contribution in [0.3, 0.4) is 0 Å². The lowest BCUT2D eigenvalue weighted by atomic mass is 9.96. The molecule has 1 fully saturated rings. The Morgan fingerprint density at radius 1 is 1.04 bits per heavy atom. The van der Waals surface area contributed by atoms with Crippen molar-refractivity contribution in [2.45, 2.75) is 19.8 Å². The molecule has 3 heterocycles. The zero-order valence-electron chi connectivity index (χ0n) is 15.9. The van der Waals surface area contributed by atoms with Crippen LogP contribution < -0.4 is 10.2 Å². The lowest BCUT2D eigenvalue weighted by molar-refractivity contribution is -0.120. The highest BCUT2D eigenvalue weighted by Gasteiger charge is 2.26. The van der Waals surface area contributed by atoms with Crippen LogP contribution in [0.15, 0.2) is 60.9 Å². The van der Waals surface area contributed by atoms with Gasteiger partial charge in [0, 0.05) is 30.8 Å². The highest BCUT2D eigenvalue weighted by atomic mass is 16.1. The lowest BCUT2D eigenvalue weighted by Gasteiger charge is -2.31. The maximum Gasteiger partial charge on any atom is 0.227 e. The predicted octanol–water partition coefficient (Wildman–Crippen LogP) is 3.70. The number of nitrogens with one attached hydrogen (secondary N) is 1. The van der Waals surface area contributed by atoms with Crippen LogP contribution >= 0.6 is 0 Å². The number of piperidine rings is 1. The number of pyridine rings is 1. The number of benzene rings is 1. The molecule has 28 heavy (non-hydrogen) atoms. The average molecular weight is 373 g/mol. The highest BCUT2D eigenvalue weighted by molar-refractivity contribution is 5.92. The van der Waals surface area contributed by atoms with E-state index in [2.05, 4.69) is 44.5 Å². The summed E-state index contributed by atoms with van der Waals surface area (Å²) in [5, 5.41) is 11.8. The van der Waals surface area contributed by atoms with E-state index in [4.69, 9.17) is 0 Å². The van der Waals surface area contributed by atoms with Crippen LogP contribution in [0.25, 0.3) is 11.3 Å². The molecule has 0 radical (unpaired) electrons. The van der Waals surface area contributed by atoms with Gasteiger partial charge in [-0.3, -0.25) is 9.78 Å². The molecule has 3 aromatic rings. The van der Waals surface area contributed by atoms with E-state index < -0.39 is 0 Å². The first kappa shape index (κ1) is 18.1. The molecule has 1 aliphatic heterocycles. The van der Waals surface area contributed by atoms with Gasteiger partial charge in [-0.25, -0.2) is 0 Å². The molecule has 2 aromatic heterocycles. The second kappa shape index (κ2) is 8.17. The summed E-state index contributed by atoms with van der Waals surface area (Å²) in [7, 11) is 0. The largest absolute Gasteiger partial charge is 0.355 e. The molecule has 0 saturated carbocycles. The maximum atomic E-state index is 12.5. The fraction of sp³-hybridized carbons (Fsp3) is 0.273. The molecule has 6 heteroatoms. The summed E-state index contributed by atoms with van der Waals surface area (Å²) in [6.45, 7) is 3.67. The van der Waals surface area contributed by atoms with Crippen molar-refractivity contribution in [1.29, 1.82) is 0 Å². The Bertz CT molecular complexity index is 935. The minimum absolute atomic E-state index is 0.00987. The number of carbonyl (C=O) groups is 1. The van der Waals surface area contributed by atoms with Gasteiger partial charge in [0.2, 0.25) is 5.91 Å². The van der Waals surface area contributed by atoms with Crippen LogP contribution in [0, 0.1) is 12.8 Å². The van der Waals surface area contributed by atoms with Gasteiger partial charge in [0.15, 0.2) is 5.82 Å². The molecule has 142 valence electrons. The molecule has 0 aliphatic carbocycles. The third-order valence-corrected chi connectivity index (χ3v) is 5.19. The smallest absolute Gasteiger partial charge is 0.227 e. The molecule has 0 bridgehead atoms. The van der Waals surface area contributed by atoms with Gasteiger partial charge in [-0.1, -0.05) is 24.3 Å². The van der Waals surface area contributed by atoms with Crippen LogP contribution in [-0.4, -0.2) is 34.2 Å². The number of anilines is 2. The van der Waals surface area contributed by atoms with Gasteiger partial charge in [0.25, 0.3) is 0 Å². The molecule has 0 spiro atoms. The second-order valence-electron chi connectivity index (χ2n) is 7.08. The van der Waals surface area contributed by atoms with E-state index in [1.54, 1.807) is 12.4 Å². The number of hydrogen-bond acceptors (Lipinski definition) is 5. The Morgan fingerprint density at radius 2 is 1.86 bits per heavy atom. The van der Waals surface area contributed by atoms with Crippen molar-refractivity contribution in [3.8, 4) is 11.3 Å². The van der Waals surface area contributed by atoms with Crippen molar-refractivity contribution in [2.75, 3.05) is 23.3 Å². The molecule has 4 rings (SSSR count). The van der Waals surface area contributed by atoms with E-state index in [0.717, 1.165) is 48.7 Å². The Kier molecular flexibility index (Phi) is 5.28. The monoisotopic (exact) mass is 373 g/mol. The maximum absolute atomic E-state index is 12.5. The summed E-state index contributed by atoms with van der Waals surface area (Å²) in [5.41, 5.74) is 3.91. The Labute approximate surface area is 164 Å². The first-order valence-corrected chi connectivity index (χ1v) is 9.56. The molecule has 1 aliphatic rings. The molecule has 0 atom stereocenters. The minimum Gasteiger partial charge on any atom is -0.355 e. The molecule has 1 saturated heterocycles. The molecule has 1 amide bonds. The van der Waals surface area contributed by atoms with Crippen LogP contribution in [0.4, 0.5) is 11.5 Å². The summed E-state index contributed by atoms with van der Waals surface area (Å²) in [4.78, 5) is 18.7. The molecule has 1 aromatic carbocycles. The van der Waals surface area contributed by atoms with Gasteiger partial charge in [0.05, 0.1) is 17.6 Å². The van der Waals surface area contributed by atoms with Crippen LogP contribution in [0.1, 0.15) is 18.4 Å².